The highest BCUT2D eigenvalue weighted by molar-refractivity contribution is 6.00. The summed E-state index contributed by atoms with van der Waals surface area (Å²) in [5.41, 5.74) is 7.57. The molecule has 5 rings (SSSR count). The normalized spacial score (nSPS) is 20.8. The minimum Gasteiger partial charge on any atom is -0.357 e. The molecule has 2 aromatic heterocycles. The monoisotopic (exact) mass is 373 g/mol. The average Bonchev–Trinajstić information content (AvgIpc) is 3.12. The molecule has 0 fully saturated rings. The molecule has 28 heavy (non-hydrogen) atoms. The van der Waals surface area contributed by atoms with Crippen molar-refractivity contribution in [2.45, 2.75) is 26.2 Å². The van der Waals surface area contributed by atoms with Crippen molar-refractivity contribution < 1.29 is 4.79 Å². The predicted octanol–water partition coefficient (Wildman–Crippen LogP) is 3.55. The van der Waals surface area contributed by atoms with E-state index >= 15 is 0 Å². The van der Waals surface area contributed by atoms with Crippen LogP contribution in [-0.2, 0) is 0 Å². The molecule has 2 aliphatic rings. The first-order chi connectivity index (χ1) is 13.5. The molecule has 2 N–H and O–H groups in total. The Hall–Kier alpha value is -3.15. The zero-order chi connectivity index (χ0) is 19.4. The second kappa shape index (κ2) is 6.19. The van der Waals surface area contributed by atoms with Crippen LogP contribution in [0.25, 0.3) is 22.3 Å². The van der Waals surface area contributed by atoms with Gasteiger partial charge in [0.15, 0.2) is 5.82 Å². The van der Waals surface area contributed by atoms with Gasteiger partial charge in [-0.3, -0.25) is 4.79 Å². The maximum Gasteiger partial charge on any atom is 0.253 e. The Kier molecular flexibility index (Phi) is 3.75. The number of carbonyl (C=O) groups is 1. The molecule has 4 heterocycles. The Balaban J connectivity index is 1.81. The SMILES string of the molecule is C/C1=C\C[C@H]2CNC(=O)c3cc([nH]c32)-c2cccc3nc(C)c(nc23)N(C)C1. The molecular formula is C22H23N5O. The number of likely N-dealkylation sites (N-methyl/N-ethyl adjacent to an activating group) is 1. The van der Waals surface area contributed by atoms with Crippen molar-refractivity contribution in [3.05, 3.63) is 52.9 Å². The number of rotatable bonds is 0. The van der Waals surface area contributed by atoms with Crippen molar-refractivity contribution in [3.63, 3.8) is 0 Å². The van der Waals surface area contributed by atoms with Crippen molar-refractivity contribution in [3.8, 4) is 11.3 Å². The van der Waals surface area contributed by atoms with Crippen LogP contribution >= 0.6 is 0 Å². The van der Waals surface area contributed by atoms with Gasteiger partial charge < -0.3 is 15.2 Å². The third kappa shape index (κ3) is 2.59. The largest absolute Gasteiger partial charge is 0.357 e. The average molecular weight is 373 g/mol. The second-order valence-corrected chi connectivity index (χ2v) is 7.87. The molecule has 0 radical (unpaired) electrons. The number of nitrogens with one attached hydrogen (secondary N) is 2. The van der Waals surface area contributed by atoms with E-state index in [0.717, 1.165) is 58.0 Å². The number of hydrogen-bond acceptors (Lipinski definition) is 4. The number of H-pyrrole nitrogens is 1. The van der Waals surface area contributed by atoms with Gasteiger partial charge in [-0.05, 0) is 32.4 Å². The van der Waals surface area contributed by atoms with E-state index in [9.17, 15) is 4.79 Å². The summed E-state index contributed by atoms with van der Waals surface area (Å²) in [4.78, 5) is 28.0. The molecule has 1 aromatic carbocycles. The number of carbonyl (C=O) groups excluding carboxylic acids is 1. The molecular weight excluding hydrogens is 350 g/mol. The van der Waals surface area contributed by atoms with Gasteiger partial charge in [0.25, 0.3) is 5.91 Å². The first kappa shape index (κ1) is 17.0. The molecule has 1 atom stereocenters. The van der Waals surface area contributed by atoms with E-state index < -0.39 is 0 Å². The number of fused-ring (bicyclic) bond motifs is 3. The van der Waals surface area contributed by atoms with Crippen molar-refractivity contribution in [1.29, 1.82) is 0 Å². The van der Waals surface area contributed by atoms with Crippen LogP contribution in [0.4, 0.5) is 5.82 Å². The standard InChI is InChI=1S/C22H23N5O/c1-12-7-8-14-10-23-22(28)16-9-18(25-19(14)16)15-5-4-6-17-20(15)26-21(13(2)24-17)27(3)11-12/h4-7,9,14,25H,8,10-11H2,1-3H3,(H,23,28)/b12-7+/t14-/m0/s1. The highest BCUT2D eigenvalue weighted by atomic mass is 16.1. The fraction of sp³-hybridized carbons (Fsp3) is 0.318. The lowest BCUT2D eigenvalue weighted by Gasteiger charge is -2.23. The lowest BCUT2D eigenvalue weighted by Crippen LogP contribution is -2.34. The number of hydrogen-bond donors (Lipinski definition) is 2. The van der Waals surface area contributed by atoms with Gasteiger partial charge >= 0.3 is 0 Å². The molecule has 4 bridgehead atoms. The summed E-state index contributed by atoms with van der Waals surface area (Å²) < 4.78 is 0. The van der Waals surface area contributed by atoms with Gasteiger partial charge in [0.05, 0.1) is 16.8 Å². The maximum absolute atomic E-state index is 12.4. The van der Waals surface area contributed by atoms with Gasteiger partial charge in [-0.25, -0.2) is 9.97 Å². The summed E-state index contributed by atoms with van der Waals surface area (Å²) in [5, 5.41) is 3.03. The first-order valence-electron chi connectivity index (χ1n) is 9.67. The van der Waals surface area contributed by atoms with Crippen LogP contribution in [0.1, 0.15) is 41.0 Å². The molecule has 6 nitrogen and oxygen atoms in total. The predicted molar refractivity (Wildman–Crippen MR) is 111 cm³/mol. The summed E-state index contributed by atoms with van der Waals surface area (Å²) in [6.45, 7) is 5.60. The van der Waals surface area contributed by atoms with Crippen LogP contribution in [0.15, 0.2) is 35.9 Å². The van der Waals surface area contributed by atoms with E-state index in [1.807, 2.05) is 31.2 Å². The van der Waals surface area contributed by atoms with Crippen LogP contribution < -0.4 is 10.2 Å². The summed E-state index contributed by atoms with van der Waals surface area (Å²) >= 11 is 0. The Morgan fingerprint density at radius 1 is 1.18 bits per heavy atom. The molecule has 0 spiro atoms. The molecule has 3 aromatic rings. The van der Waals surface area contributed by atoms with E-state index in [4.69, 9.17) is 9.97 Å². The minimum atomic E-state index is -0.0101. The number of allylic oxidation sites excluding steroid dienone is 1. The topological polar surface area (TPSA) is 73.9 Å². The number of benzene rings is 1. The number of amides is 1. The molecule has 0 saturated heterocycles. The quantitative estimate of drug-likeness (QED) is 0.591. The van der Waals surface area contributed by atoms with Crippen LogP contribution in [0.3, 0.4) is 0 Å². The van der Waals surface area contributed by atoms with Crippen LogP contribution in [0, 0.1) is 6.92 Å². The smallest absolute Gasteiger partial charge is 0.253 e. The minimum absolute atomic E-state index is 0.0101. The fourth-order valence-electron chi connectivity index (χ4n) is 4.33. The van der Waals surface area contributed by atoms with E-state index in [2.05, 4.69) is 35.2 Å². The van der Waals surface area contributed by atoms with E-state index in [-0.39, 0.29) is 11.8 Å². The van der Waals surface area contributed by atoms with Gasteiger partial charge in [-0.2, -0.15) is 0 Å². The number of aromatic nitrogens is 3. The Morgan fingerprint density at radius 3 is 2.89 bits per heavy atom. The number of nitrogens with zero attached hydrogens (tertiary/aromatic N) is 3. The summed E-state index contributed by atoms with van der Waals surface area (Å²) in [5.74, 6) is 1.13. The first-order valence-corrected chi connectivity index (χ1v) is 9.67. The van der Waals surface area contributed by atoms with Gasteiger partial charge in [-0.15, -0.1) is 0 Å². The molecule has 142 valence electrons. The van der Waals surface area contributed by atoms with Gasteiger partial charge in [0.2, 0.25) is 0 Å². The zero-order valence-corrected chi connectivity index (χ0v) is 16.3. The number of para-hydroxylation sites is 1. The molecule has 2 aliphatic heterocycles. The summed E-state index contributed by atoms with van der Waals surface area (Å²) in [6.07, 6.45) is 3.16. The van der Waals surface area contributed by atoms with E-state index in [1.165, 1.54) is 5.57 Å². The van der Waals surface area contributed by atoms with E-state index in [1.54, 1.807) is 0 Å². The highest BCUT2D eigenvalue weighted by Crippen LogP contribution is 2.34. The Labute approximate surface area is 163 Å². The van der Waals surface area contributed by atoms with Gasteiger partial charge in [0.1, 0.15) is 5.52 Å². The molecule has 1 amide bonds. The molecule has 0 unspecified atom stereocenters. The molecule has 0 saturated carbocycles. The van der Waals surface area contributed by atoms with Crippen molar-refractivity contribution in [2.75, 3.05) is 25.0 Å². The van der Waals surface area contributed by atoms with Gasteiger partial charge in [0, 0.05) is 43.0 Å². The lowest BCUT2D eigenvalue weighted by atomic mass is 9.93. The van der Waals surface area contributed by atoms with Crippen LogP contribution in [-0.4, -0.2) is 41.0 Å². The molecule has 0 aliphatic carbocycles. The third-order valence-electron chi connectivity index (χ3n) is 5.74. The molecule has 6 heteroatoms. The Morgan fingerprint density at radius 2 is 2.04 bits per heavy atom. The number of aryl methyl sites for hydroxylation is 1. The summed E-state index contributed by atoms with van der Waals surface area (Å²) in [7, 11) is 2.06. The van der Waals surface area contributed by atoms with Crippen LogP contribution in [0.2, 0.25) is 0 Å². The zero-order valence-electron chi connectivity index (χ0n) is 16.3. The van der Waals surface area contributed by atoms with Gasteiger partial charge in [-0.1, -0.05) is 23.8 Å². The Bertz CT molecular complexity index is 1140. The van der Waals surface area contributed by atoms with E-state index in [0.29, 0.717) is 6.54 Å². The van der Waals surface area contributed by atoms with Crippen LogP contribution in [0.5, 0.6) is 0 Å². The van der Waals surface area contributed by atoms with Crippen molar-refractivity contribution in [1.82, 2.24) is 20.3 Å². The second-order valence-electron chi connectivity index (χ2n) is 7.87. The number of aromatic amines is 1. The lowest BCUT2D eigenvalue weighted by molar-refractivity contribution is 0.0940. The summed E-state index contributed by atoms with van der Waals surface area (Å²) in [6, 6.07) is 7.99. The third-order valence-corrected chi connectivity index (χ3v) is 5.74. The van der Waals surface area contributed by atoms with Crippen molar-refractivity contribution >= 4 is 22.8 Å². The fourth-order valence-corrected chi connectivity index (χ4v) is 4.33. The maximum atomic E-state index is 12.4. The number of anilines is 1. The van der Waals surface area contributed by atoms with Crippen molar-refractivity contribution in [2.24, 2.45) is 0 Å². The highest BCUT2D eigenvalue weighted by Gasteiger charge is 2.28.